The molecule has 36 heavy (non-hydrogen) atoms. The van der Waals surface area contributed by atoms with Crippen LogP contribution in [0.4, 0.5) is 0 Å². The Morgan fingerprint density at radius 3 is 2.31 bits per heavy atom. The maximum absolute atomic E-state index is 11.7. The number of nitrogens with one attached hydrogen (secondary N) is 1. The quantitative estimate of drug-likeness (QED) is 0.501. The minimum atomic E-state index is -2.19. The summed E-state index contributed by atoms with van der Waals surface area (Å²) in [6, 6.07) is 4.16. The van der Waals surface area contributed by atoms with Gasteiger partial charge in [0.15, 0.2) is 11.5 Å². The van der Waals surface area contributed by atoms with Crippen molar-refractivity contribution in [3.05, 3.63) is 42.7 Å². The molecule has 1 aromatic heterocycles. The van der Waals surface area contributed by atoms with E-state index in [1.807, 2.05) is 19.1 Å². The molecule has 3 aliphatic rings. The average Bonchev–Trinajstić information content (AvgIpc) is 3.20. The molecule has 0 unspecified atom stereocenters. The van der Waals surface area contributed by atoms with Crippen molar-refractivity contribution in [3.63, 3.8) is 0 Å². The van der Waals surface area contributed by atoms with E-state index < -0.39 is 17.9 Å². The van der Waals surface area contributed by atoms with Crippen LogP contribution in [0.5, 0.6) is 11.5 Å². The van der Waals surface area contributed by atoms with Crippen LogP contribution in [-0.2, 0) is 25.5 Å². The van der Waals surface area contributed by atoms with Crippen molar-refractivity contribution in [3.8, 4) is 11.5 Å². The van der Waals surface area contributed by atoms with Crippen LogP contribution in [0.2, 0.25) is 0 Å². The minimum absolute atomic E-state index is 0. The van der Waals surface area contributed by atoms with Crippen LogP contribution in [0.1, 0.15) is 30.6 Å². The van der Waals surface area contributed by atoms with E-state index >= 15 is 0 Å². The molecule has 1 aromatic carbocycles. The summed E-state index contributed by atoms with van der Waals surface area (Å²) in [6.07, 6.45) is 3.09. The standard InChI is InChI=1S/C22H26N2O5.C2H2O4.CH3/c1-11-15-9-24-5-4-12-14-7-19(27-2)20(28-3)8-17(14)23-21(12)18(24)6-13(15)16(10-29-11)22(25)26;3-1(4)2(5)6;/h7-8,10-11,13,15,18,23H,4-6,9H2,1-3H3,(H,25,26);(H,3,4)(H,5,6);1H3/p-3/t11-,13-,15-,18+;;/m0../s1. The van der Waals surface area contributed by atoms with Crippen molar-refractivity contribution in [2.24, 2.45) is 11.8 Å². The molecule has 0 amide bonds. The van der Waals surface area contributed by atoms with Gasteiger partial charge in [0, 0.05) is 47.2 Å². The average molecular weight is 501 g/mol. The van der Waals surface area contributed by atoms with Crippen LogP contribution >= 0.6 is 0 Å². The molecule has 0 aliphatic carbocycles. The van der Waals surface area contributed by atoms with Gasteiger partial charge in [0.05, 0.1) is 50.5 Å². The van der Waals surface area contributed by atoms with Gasteiger partial charge in [-0.25, -0.2) is 0 Å². The molecule has 1 fully saturated rings. The molecular weight excluding hydrogens is 472 g/mol. The number of H-pyrrole nitrogens is 1. The Balaban J connectivity index is 0.000000464. The lowest BCUT2D eigenvalue weighted by molar-refractivity contribution is -0.345. The van der Waals surface area contributed by atoms with Gasteiger partial charge in [-0.1, -0.05) is 7.43 Å². The maximum Gasteiger partial charge on any atom is 0.162 e. The number of piperidine rings is 1. The van der Waals surface area contributed by atoms with Gasteiger partial charge in [-0.2, -0.15) is 0 Å². The first-order chi connectivity index (χ1) is 16.7. The Morgan fingerprint density at radius 1 is 1.08 bits per heavy atom. The molecule has 3 aliphatic heterocycles. The Labute approximate surface area is 208 Å². The number of nitrogens with zero attached hydrogens (tertiary/aromatic N) is 1. The number of carbonyl (C=O) groups excluding carboxylic acids is 3. The van der Waals surface area contributed by atoms with Gasteiger partial charge in [0.1, 0.15) is 0 Å². The van der Waals surface area contributed by atoms with Gasteiger partial charge in [0.25, 0.3) is 0 Å². The number of carboxylic acids is 3. The molecule has 4 heterocycles. The molecule has 11 heteroatoms. The predicted molar refractivity (Wildman–Crippen MR) is 121 cm³/mol. The Bertz CT molecular complexity index is 1190. The summed E-state index contributed by atoms with van der Waals surface area (Å²) >= 11 is 0. The smallest absolute Gasteiger partial charge is 0.162 e. The van der Waals surface area contributed by atoms with Crippen LogP contribution in [0.3, 0.4) is 0 Å². The lowest BCUT2D eigenvalue weighted by Gasteiger charge is -2.49. The van der Waals surface area contributed by atoms with Crippen LogP contribution in [0.15, 0.2) is 24.0 Å². The summed E-state index contributed by atoms with van der Waals surface area (Å²) in [5, 5.41) is 30.7. The van der Waals surface area contributed by atoms with Gasteiger partial charge in [-0.3, -0.25) is 4.90 Å². The highest BCUT2D eigenvalue weighted by atomic mass is 16.5. The van der Waals surface area contributed by atoms with E-state index in [-0.39, 0.29) is 31.4 Å². The van der Waals surface area contributed by atoms with Crippen molar-refractivity contribution in [2.45, 2.75) is 31.9 Å². The van der Waals surface area contributed by atoms with Crippen molar-refractivity contribution in [1.29, 1.82) is 0 Å². The van der Waals surface area contributed by atoms with Gasteiger partial charge in [-0.05, 0) is 37.3 Å². The first kappa shape index (κ1) is 26.9. The Kier molecular flexibility index (Phi) is 7.83. The van der Waals surface area contributed by atoms with E-state index in [2.05, 4.69) is 9.88 Å². The monoisotopic (exact) mass is 500 g/mol. The molecular formula is C25H28N2O9-3. The third kappa shape index (κ3) is 4.70. The Hall–Kier alpha value is -3.73. The molecule has 195 valence electrons. The number of aromatic amines is 1. The van der Waals surface area contributed by atoms with E-state index in [9.17, 15) is 9.90 Å². The summed E-state index contributed by atoms with van der Waals surface area (Å²) in [6.45, 7) is 3.79. The number of carbonyl (C=O) groups is 3. The summed E-state index contributed by atoms with van der Waals surface area (Å²) in [7, 11) is 3.28. The minimum Gasteiger partial charge on any atom is -0.545 e. The number of methoxy groups -OCH3 is 2. The second-order valence-electron chi connectivity index (χ2n) is 8.81. The maximum atomic E-state index is 11.7. The largest absolute Gasteiger partial charge is 0.545 e. The Morgan fingerprint density at radius 2 is 1.72 bits per heavy atom. The fraction of sp³-hybridized carbons (Fsp3) is 0.440. The van der Waals surface area contributed by atoms with E-state index in [1.54, 1.807) is 14.2 Å². The molecule has 1 saturated heterocycles. The SMILES string of the molecule is COc1cc2[nH]c3c(c2cc1OC)CCN1C[C@H]2[C@H](C)OC=C(C(=O)[O-])[C@H]2C[C@H]31.O=C([O-])C(=O)[O-].[CH3]. The van der Waals surface area contributed by atoms with Crippen LogP contribution in [0.25, 0.3) is 10.9 Å². The van der Waals surface area contributed by atoms with Crippen molar-refractivity contribution < 1.29 is 43.9 Å². The van der Waals surface area contributed by atoms with Gasteiger partial charge in [-0.15, -0.1) is 0 Å². The number of carboxylic acid groups (broad SMARTS) is 3. The molecule has 5 rings (SSSR count). The normalized spacial score (nSPS) is 24.2. The molecule has 4 atom stereocenters. The summed E-state index contributed by atoms with van der Waals surface area (Å²) < 4.78 is 16.6. The topological polar surface area (TPSA) is 167 Å². The fourth-order valence-electron chi connectivity index (χ4n) is 5.45. The highest BCUT2D eigenvalue weighted by Crippen LogP contribution is 2.48. The summed E-state index contributed by atoms with van der Waals surface area (Å²) in [5.74, 6) is -3.98. The number of rotatable bonds is 3. The van der Waals surface area contributed by atoms with Crippen LogP contribution in [-0.4, -0.2) is 61.2 Å². The number of aliphatic carboxylic acids is 3. The molecule has 0 spiro atoms. The van der Waals surface area contributed by atoms with Gasteiger partial charge in [0.2, 0.25) is 0 Å². The van der Waals surface area contributed by atoms with Gasteiger partial charge < -0.3 is 48.9 Å². The summed E-state index contributed by atoms with van der Waals surface area (Å²) in [4.78, 5) is 35.6. The first-order valence-electron chi connectivity index (χ1n) is 11.2. The number of hydrogen-bond donors (Lipinski definition) is 1. The molecule has 11 nitrogen and oxygen atoms in total. The zero-order valence-electron chi connectivity index (χ0n) is 20.5. The van der Waals surface area contributed by atoms with E-state index in [0.29, 0.717) is 17.1 Å². The van der Waals surface area contributed by atoms with Crippen LogP contribution < -0.4 is 24.8 Å². The van der Waals surface area contributed by atoms with Gasteiger partial charge >= 0.3 is 0 Å². The number of hydrogen-bond acceptors (Lipinski definition) is 10. The third-order valence-electron chi connectivity index (χ3n) is 7.12. The lowest BCUT2D eigenvalue weighted by atomic mass is 9.72. The second kappa shape index (κ2) is 10.5. The van der Waals surface area contributed by atoms with Crippen molar-refractivity contribution in [1.82, 2.24) is 9.88 Å². The zero-order valence-corrected chi connectivity index (χ0v) is 20.5. The highest BCUT2D eigenvalue weighted by molar-refractivity contribution is 6.25. The van der Waals surface area contributed by atoms with Crippen molar-refractivity contribution >= 4 is 28.8 Å². The zero-order chi connectivity index (χ0) is 25.4. The molecule has 1 radical (unpaired) electrons. The van der Waals surface area contributed by atoms with E-state index in [4.69, 9.17) is 34.0 Å². The fourth-order valence-corrected chi connectivity index (χ4v) is 5.45. The first-order valence-corrected chi connectivity index (χ1v) is 11.2. The van der Waals surface area contributed by atoms with E-state index in [1.165, 1.54) is 17.5 Å². The number of fused-ring (bicyclic) bond motifs is 6. The number of benzene rings is 1. The highest BCUT2D eigenvalue weighted by Gasteiger charge is 2.45. The predicted octanol–water partition coefficient (Wildman–Crippen LogP) is -1.29. The number of ether oxygens (including phenoxy) is 3. The molecule has 1 N–H and O–H groups in total. The molecule has 0 saturated carbocycles. The molecule has 2 aromatic rings. The second-order valence-corrected chi connectivity index (χ2v) is 8.81. The molecule has 0 bridgehead atoms. The summed E-state index contributed by atoms with van der Waals surface area (Å²) in [5.41, 5.74) is 3.78. The van der Waals surface area contributed by atoms with Crippen LogP contribution in [0, 0.1) is 19.3 Å². The third-order valence-corrected chi connectivity index (χ3v) is 7.12. The van der Waals surface area contributed by atoms with Crippen molar-refractivity contribution in [2.75, 3.05) is 27.3 Å². The van der Waals surface area contributed by atoms with E-state index in [0.717, 1.165) is 36.8 Å². The number of aromatic nitrogens is 1. The lowest BCUT2D eigenvalue weighted by Crippen LogP contribution is -2.52.